The number of aromatic nitrogens is 2. The molecule has 0 bridgehead atoms. The van der Waals surface area contributed by atoms with E-state index in [2.05, 4.69) is 15.5 Å². The van der Waals surface area contributed by atoms with Gasteiger partial charge in [0, 0.05) is 0 Å². The maximum atomic E-state index is 13.5. The second-order valence-electron chi connectivity index (χ2n) is 3.61. The molecule has 1 amide bonds. The number of phenols is 1. The first-order valence-electron chi connectivity index (χ1n) is 5.07. The van der Waals surface area contributed by atoms with Gasteiger partial charge in [-0.3, -0.25) is 9.89 Å². The van der Waals surface area contributed by atoms with E-state index in [0.29, 0.717) is 6.07 Å². The zero-order valence-electron chi connectivity index (χ0n) is 9.54. The molecule has 0 aliphatic carbocycles. The quantitative estimate of drug-likeness (QED) is 0.729. The number of nitrogens with zero attached hydrogens (tertiary/aromatic N) is 2. The predicted molar refractivity (Wildman–Crippen MR) is 59.2 cm³/mol. The van der Waals surface area contributed by atoms with Crippen LogP contribution in [0.3, 0.4) is 0 Å². The number of anilines is 1. The van der Waals surface area contributed by atoms with Gasteiger partial charge < -0.3 is 10.4 Å². The predicted octanol–water partition coefficient (Wildman–Crippen LogP) is 1.66. The summed E-state index contributed by atoms with van der Waals surface area (Å²) in [5.41, 5.74) is -0.953. The number of aromatic amines is 1. The summed E-state index contributed by atoms with van der Waals surface area (Å²) in [7, 11) is 0. The van der Waals surface area contributed by atoms with Gasteiger partial charge in [0.1, 0.15) is 17.5 Å². The molecular formula is C11H5F3N4O2. The lowest BCUT2D eigenvalue weighted by Crippen LogP contribution is -2.16. The number of aromatic hydroxyl groups is 1. The monoisotopic (exact) mass is 282 g/mol. The summed E-state index contributed by atoms with van der Waals surface area (Å²) >= 11 is 0. The van der Waals surface area contributed by atoms with Crippen LogP contribution in [-0.2, 0) is 0 Å². The van der Waals surface area contributed by atoms with Crippen molar-refractivity contribution in [3.63, 3.8) is 0 Å². The number of benzene rings is 1. The van der Waals surface area contributed by atoms with Gasteiger partial charge in [-0.2, -0.15) is 14.8 Å². The Hall–Kier alpha value is -3.02. The van der Waals surface area contributed by atoms with Gasteiger partial charge in [-0.05, 0) is 6.07 Å². The third-order valence-corrected chi connectivity index (χ3v) is 2.38. The van der Waals surface area contributed by atoms with Gasteiger partial charge in [-0.25, -0.2) is 8.78 Å². The molecule has 0 atom stereocenters. The van der Waals surface area contributed by atoms with Gasteiger partial charge >= 0.3 is 0 Å². The first-order valence-corrected chi connectivity index (χ1v) is 5.07. The molecule has 1 aromatic heterocycles. The normalized spacial score (nSPS) is 10.1. The van der Waals surface area contributed by atoms with Crippen LogP contribution in [0.5, 0.6) is 5.75 Å². The summed E-state index contributed by atoms with van der Waals surface area (Å²) in [5.74, 6) is -7.91. The minimum Gasteiger partial charge on any atom is -0.503 e. The number of phenolic OH excluding ortho intramolecular Hbond substituents is 1. The van der Waals surface area contributed by atoms with Crippen molar-refractivity contribution in [3.8, 4) is 11.8 Å². The maximum absolute atomic E-state index is 13.5. The Labute approximate surface area is 109 Å². The molecule has 20 heavy (non-hydrogen) atoms. The van der Waals surface area contributed by atoms with Crippen LogP contribution in [-0.4, -0.2) is 21.2 Å². The molecule has 0 radical (unpaired) electrons. The zero-order chi connectivity index (χ0) is 14.9. The topological polar surface area (TPSA) is 102 Å². The fourth-order valence-electron chi connectivity index (χ4n) is 1.40. The third kappa shape index (κ3) is 2.14. The highest BCUT2D eigenvalue weighted by Crippen LogP contribution is 2.26. The van der Waals surface area contributed by atoms with Gasteiger partial charge in [-0.1, -0.05) is 0 Å². The van der Waals surface area contributed by atoms with Gasteiger partial charge in [0.25, 0.3) is 5.91 Å². The van der Waals surface area contributed by atoms with E-state index >= 15 is 0 Å². The molecule has 0 fully saturated rings. The van der Waals surface area contributed by atoms with E-state index in [1.54, 1.807) is 6.07 Å². The van der Waals surface area contributed by atoms with Crippen LogP contribution in [0.15, 0.2) is 12.3 Å². The average Bonchev–Trinajstić information content (AvgIpc) is 2.87. The number of carbonyl (C=O) groups is 1. The Morgan fingerprint density at radius 3 is 2.75 bits per heavy atom. The standard InChI is InChI=1S/C11H5F3N4O2/c12-6-1-5(7(13)9(19)8(6)14)11(20)17-10-4(2-15)3-16-18-10/h1,3,19H,(H2,16,17,18,20). The van der Waals surface area contributed by atoms with E-state index in [0.717, 1.165) is 6.20 Å². The smallest absolute Gasteiger partial charge is 0.260 e. The highest BCUT2D eigenvalue weighted by atomic mass is 19.2. The molecule has 2 rings (SSSR count). The number of hydrogen-bond donors (Lipinski definition) is 3. The van der Waals surface area contributed by atoms with E-state index in [9.17, 15) is 18.0 Å². The maximum Gasteiger partial charge on any atom is 0.260 e. The van der Waals surface area contributed by atoms with E-state index in [4.69, 9.17) is 10.4 Å². The van der Waals surface area contributed by atoms with Crippen molar-refractivity contribution in [1.82, 2.24) is 10.2 Å². The molecule has 0 aliphatic heterocycles. The molecular weight excluding hydrogens is 277 g/mol. The van der Waals surface area contributed by atoms with Crippen LogP contribution < -0.4 is 5.32 Å². The van der Waals surface area contributed by atoms with Gasteiger partial charge in [0.2, 0.25) is 5.82 Å². The fraction of sp³-hybridized carbons (Fsp3) is 0. The molecule has 9 heteroatoms. The number of hydrogen-bond acceptors (Lipinski definition) is 4. The largest absolute Gasteiger partial charge is 0.503 e. The van der Waals surface area contributed by atoms with Gasteiger partial charge in [-0.15, -0.1) is 0 Å². The number of rotatable bonds is 2. The van der Waals surface area contributed by atoms with Crippen molar-refractivity contribution in [2.24, 2.45) is 0 Å². The number of carbonyl (C=O) groups excluding carboxylic acids is 1. The third-order valence-electron chi connectivity index (χ3n) is 2.38. The highest BCUT2D eigenvalue weighted by molar-refractivity contribution is 6.04. The molecule has 0 unspecified atom stereocenters. The second-order valence-corrected chi connectivity index (χ2v) is 3.61. The molecule has 0 aliphatic rings. The van der Waals surface area contributed by atoms with Crippen LogP contribution in [0.25, 0.3) is 0 Å². The van der Waals surface area contributed by atoms with E-state index in [-0.39, 0.29) is 11.4 Å². The minimum absolute atomic E-state index is 0.0365. The van der Waals surface area contributed by atoms with Crippen molar-refractivity contribution in [2.75, 3.05) is 5.32 Å². The molecule has 0 saturated carbocycles. The van der Waals surface area contributed by atoms with Gasteiger partial charge in [0.15, 0.2) is 17.4 Å². The Morgan fingerprint density at radius 1 is 1.40 bits per heavy atom. The average molecular weight is 282 g/mol. The fourth-order valence-corrected chi connectivity index (χ4v) is 1.40. The number of amides is 1. The molecule has 1 heterocycles. The van der Waals surface area contributed by atoms with Crippen LogP contribution >= 0.6 is 0 Å². The summed E-state index contributed by atoms with van der Waals surface area (Å²) in [6, 6.07) is 1.99. The van der Waals surface area contributed by atoms with Crippen LogP contribution in [0.1, 0.15) is 15.9 Å². The van der Waals surface area contributed by atoms with E-state index in [1.165, 1.54) is 0 Å². The van der Waals surface area contributed by atoms with Crippen molar-refractivity contribution in [3.05, 3.63) is 40.8 Å². The summed E-state index contributed by atoms with van der Waals surface area (Å²) < 4.78 is 39.4. The Bertz CT molecular complexity index is 736. The summed E-state index contributed by atoms with van der Waals surface area (Å²) in [6.45, 7) is 0. The summed E-state index contributed by atoms with van der Waals surface area (Å²) in [4.78, 5) is 11.7. The summed E-state index contributed by atoms with van der Waals surface area (Å²) in [5, 5.41) is 25.5. The molecule has 2 aromatic rings. The summed E-state index contributed by atoms with van der Waals surface area (Å²) in [6.07, 6.45) is 1.11. The number of H-pyrrole nitrogens is 1. The van der Waals surface area contributed by atoms with E-state index < -0.39 is 34.7 Å². The number of halogens is 3. The van der Waals surface area contributed by atoms with Crippen molar-refractivity contribution in [2.45, 2.75) is 0 Å². The molecule has 0 saturated heterocycles. The minimum atomic E-state index is -1.79. The van der Waals surface area contributed by atoms with Crippen LogP contribution in [0.2, 0.25) is 0 Å². The number of nitrogens with one attached hydrogen (secondary N) is 2. The lowest BCUT2D eigenvalue weighted by Gasteiger charge is -2.07. The van der Waals surface area contributed by atoms with Crippen molar-refractivity contribution in [1.29, 1.82) is 5.26 Å². The zero-order valence-corrected chi connectivity index (χ0v) is 9.54. The highest BCUT2D eigenvalue weighted by Gasteiger charge is 2.23. The first-order chi connectivity index (χ1) is 9.45. The molecule has 3 N–H and O–H groups in total. The van der Waals surface area contributed by atoms with Gasteiger partial charge in [0.05, 0.1) is 11.8 Å². The van der Waals surface area contributed by atoms with Crippen molar-refractivity contribution >= 4 is 11.7 Å². The Morgan fingerprint density at radius 2 is 2.10 bits per heavy atom. The molecule has 1 aromatic carbocycles. The van der Waals surface area contributed by atoms with Crippen LogP contribution in [0.4, 0.5) is 19.0 Å². The lowest BCUT2D eigenvalue weighted by atomic mass is 10.1. The van der Waals surface area contributed by atoms with Crippen LogP contribution in [0, 0.1) is 28.8 Å². The Balaban J connectivity index is 2.38. The second kappa shape index (κ2) is 4.93. The SMILES string of the molecule is N#Cc1cn[nH]c1NC(=O)c1cc(F)c(F)c(O)c1F. The van der Waals surface area contributed by atoms with Crippen molar-refractivity contribution < 1.29 is 23.1 Å². The lowest BCUT2D eigenvalue weighted by molar-refractivity contribution is 0.102. The molecule has 6 nitrogen and oxygen atoms in total. The number of nitriles is 1. The molecule has 102 valence electrons. The first kappa shape index (κ1) is 13.4. The Kier molecular flexibility index (Phi) is 3.30. The molecule has 0 spiro atoms. The van der Waals surface area contributed by atoms with E-state index in [1.807, 2.05) is 0 Å².